The van der Waals surface area contributed by atoms with Crippen molar-refractivity contribution in [2.45, 2.75) is 57.5 Å². The molecule has 1 aromatic heterocycles. The van der Waals surface area contributed by atoms with Crippen molar-refractivity contribution in [2.24, 2.45) is 5.92 Å². The Hall–Kier alpha value is -1.43. The van der Waals surface area contributed by atoms with Gasteiger partial charge < -0.3 is 9.63 Å². The fraction of sp³-hybridized carbons (Fsp3) is 0.786. The zero-order valence-electron chi connectivity index (χ0n) is 11.8. The van der Waals surface area contributed by atoms with E-state index in [1.165, 1.54) is 0 Å². The van der Waals surface area contributed by atoms with Crippen LogP contribution in [0.1, 0.15) is 56.7 Å². The van der Waals surface area contributed by atoms with Gasteiger partial charge in [-0.15, -0.1) is 0 Å². The number of carboxylic acids is 1. The molecule has 1 aliphatic carbocycles. The van der Waals surface area contributed by atoms with Gasteiger partial charge in [0.1, 0.15) is 6.04 Å². The molecule has 2 atom stereocenters. The molecule has 2 fully saturated rings. The first kappa shape index (κ1) is 13.5. The summed E-state index contributed by atoms with van der Waals surface area (Å²) < 4.78 is 5.25. The number of carboxylic acid groups (broad SMARTS) is 1. The highest BCUT2D eigenvalue weighted by molar-refractivity contribution is 5.73. The van der Waals surface area contributed by atoms with E-state index in [9.17, 15) is 9.90 Å². The van der Waals surface area contributed by atoms with Crippen LogP contribution >= 0.6 is 0 Å². The Bertz CT molecular complexity index is 484. The molecule has 110 valence electrons. The van der Waals surface area contributed by atoms with Crippen LogP contribution in [-0.4, -0.2) is 38.7 Å². The van der Waals surface area contributed by atoms with Crippen LogP contribution in [0.15, 0.2) is 4.52 Å². The van der Waals surface area contributed by atoms with Gasteiger partial charge >= 0.3 is 5.97 Å². The highest BCUT2D eigenvalue weighted by atomic mass is 16.5. The Balaban J connectivity index is 1.66. The van der Waals surface area contributed by atoms with Crippen molar-refractivity contribution in [1.29, 1.82) is 0 Å². The number of hydrogen-bond donors (Lipinski definition) is 1. The first-order valence-corrected chi connectivity index (χ1v) is 7.46. The summed E-state index contributed by atoms with van der Waals surface area (Å²) in [4.78, 5) is 17.8. The summed E-state index contributed by atoms with van der Waals surface area (Å²) in [6.07, 6.45) is 5.08. The number of piperidine rings is 1. The molecule has 0 spiro atoms. The van der Waals surface area contributed by atoms with Gasteiger partial charge in [0.2, 0.25) is 5.89 Å². The molecule has 6 heteroatoms. The average molecular weight is 279 g/mol. The Morgan fingerprint density at radius 2 is 2.25 bits per heavy atom. The second-order valence-electron chi connectivity index (χ2n) is 5.94. The van der Waals surface area contributed by atoms with Gasteiger partial charge in [-0.25, -0.2) is 0 Å². The topological polar surface area (TPSA) is 79.5 Å². The lowest BCUT2D eigenvalue weighted by molar-refractivity contribution is -0.146. The quantitative estimate of drug-likeness (QED) is 0.888. The molecule has 2 unspecified atom stereocenters. The van der Waals surface area contributed by atoms with Crippen LogP contribution < -0.4 is 0 Å². The first-order valence-electron chi connectivity index (χ1n) is 7.46. The summed E-state index contributed by atoms with van der Waals surface area (Å²) in [5.41, 5.74) is 0. The number of aliphatic carboxylic acids is 1. The summed E-state index contributed by atoms with van der Waals surface area (Å²) in [6, 6.07) is -0.426. The molecule has 20 heavy (non-hydrogen) atoms. The summed E-state index contributed by atoms with van der Waals surface area (Å²) in [5.74, 6) is 1.57. The number of aromatic nitrogens is 2. The second kappa shape index (κ2) is 5.52. The highest BCUT2D eigenvalue weighted by Gasteiger charge is 2.34. The molecule has 0 bridgehead atoms. The van der Waals surface area contributed by atoms with Crippen molar-refractivity contribution in [3.05, 3.63) is 11.7 Å². The van der Waals surface area contributed by atoms with Crippen LogP contribution in [0.3, 0.4) is 0 Å². The molecule has 1 saturated heterocycles. The Kier molecular flexibility index (Phi) is 3.74. The Labute approximate surface area is 118 Å². The third-order valence-electron chi connectivity index (χ3n) is 4.45. The number of rotatable bonds is 5. The van der Waals surface area contributed by atoms with E-state index in [2.05, 4.69) is 17.1 Å². The largest absolute Gasteiger partial charge is 0.480 e. The van der Waals surface area contributed by atoms with E-state index in [4.69, 9.17) is 4.52 Å². The smallest absolute Gasteiger partial charge is 0.320 e. The molecule has 0 amide bonds. The average Bonchev–Trinajstić information content (AvgIpc) is 3.20. The highest BCUT2D eigenvalue weighted by Crippen LogP contribution is 2.38. The lowest BCUT2D eigenvalue weighted by Gasteiger charge is -2.35. The van der Waals surface area contributed by atoms with Gasteiger partial charge in [0.05, 0.1) is 6.54 Å². The van der Waals surface area contributed by atoms with Crippen LogP contribution in [0.25, 0.3) is 0 Å². The van der Waals surface area contributed by atoms with Crippen molar-refractivity contribution in [2.75, 3.05) is 6.54 Å². The van der Waals surface area contributed by atoms with E-state index in [0.717, 1.165) is 44.5 Å². The van der Waals surface area contributed by atoms with Gasteiger partial charge in [-0.1, -0.05) is 18.5 Å². The molecule has 1 N–H and O–H groups in total. The van der Waals surface area contributed by atoms with Crippen LogP contribution in [0.2, 0.25) is 0 Å². The molecular weight excluding hydrogens is 258 g/mol. The standard InChI is InChI=1S/C14H21N3O3/c1-2-9-5-6-17(11(7-9)14(18)19)8-12-15-13(16-20-12)10-3-4-10/h9-11H,2-8H2,1H3,(H,18,19). The maximum Gasteiger partial charge on any atom is 0.320 e. The van der Waals surface area contributed by atoms with Crippen LogP contribution in [0.5, 0.6) is 0 Å². The van der Waals surface area contributed by atoms with Crippen molar-refractivity contribution in [3.63, 3.8) is 0 Å². The van der Waals surface area contributed by atoms with E-state index in [0.29, 0.717) is 24.3 Å². The number of hydrogen-bond acceptors (Lipinski definition) is 5. The fourth-order valence-corrected chi connectivity index (χ4v) is 2.92. The minimum absolute atomic E-state index is 0.426. The molecule has 1 aliphatic heterocycles. The molecule has 3 rings (SSSR count). The van der Waals surface area contributed by atoms with Crippen molar-refractivity contribution in [1.82, 2.24) is 15.0 Å². The lowest BCUT2D eigenvalue weighted by Crippen LogP contribution is -2.46. The van der Waals surface area contributed by atoms with Gasteiger partial charge in [-0.05, 0) is 38.1 Å². The fourth-order valence-electron chi connectivity index (χ4n) is 2.92. The third kappa shape index (κ3) is 2.85. The predicted octanol–water partition coefficient (Wildman–Crippen LogP) is 2.02. The van der Waals surface area contributed by atoms with E-state index in [-0.39, 0.29) is 0 Å². The summed E-state index contributed by atoms with van der Waals surface area (Å²) in [5, 5.41) is 13.4. The molecule has 2 heterocycles. The van der Waals surface area contributed by atoms with Gasteiger partial charge in [0.25, 0.3) is 0 Å². The van der Waals surface area contributed by atoms with E-state index in [1.54, 1.807) is 0 Å². The number of nitrogens with zero attached hydrogens (tertiary/aromatic N) is 3. The zero-order chi connectivity index (χ0) is 14.1. The number of carbonyl (C=O) groups is 1. The van der Waals surface area contributed by atoms with Gasteiger partial charge in [-0.2, -0.15) is 4.98 Å². The normalized spacial score (nSPS) is 27.6. The van der Waals surface area contributed by atoms with Gasteiger partial charge in [0, 0.05) is 5.92 Å². The monoisotopic (exact) mass is 279 g/mol. The summed E-state index contributed by atoms with van der Waals surface area (Å²) >= 11 is 0. The Morgan fingerprint density at radius 3 is 2.90 bits per heavy atom. The molecule has 1 aromatic rings. The van der Waals surface area contributed by atoms with Crippen molar-refractivity contribution >= 4 is 5.97 Å². The lowest BCUT2D eigenvalue weighted by atomic mass is 9.89. The molecular formula is C14H21N3O3. The second-order valence-corrected chi connectivity index (χ2v) is 5.94. The van der Waals surface area contributed by atoms with E-state index < -0.39 is 12.0 Å². The molecule has 2 aliphatic rings. The van der Waals surface area contributed by atoms with Gasteiger partial charge in [0.15, 0.2) is 5.82 Å². The van der Waals surface area contributed by atoms with Crippen LogP contribution in [-0.2, 0) is 11.3 Å². The summed E-state index contributed by atoms with van der Waals surface area (Å²) in [7, 11) is 0. The van der Waals surface area contributed by atoms with Gasteiger partial charge in [-0.3, -0.25) is 9.69 Å². The van der Waals surface area contributed by atoms with Crippen LogP contribution in [0.4, 0.5) is 0 Å². The number of likely N-dealkylation sites (tertiary alicyclic amines) is 1. The molecule has 0 radical (unpaired) electrons. The van der Waals surface area contributed by atoms with Crippen LogP contribution in [0, 0.1) is 5.92 Å². The zero-order valence-corrected chi connectivity index (χ0v) is 11.8. The maximum atomic E-state index is 11.4. The van der Waals surface area contributed by atoms with Crippen molar-refractivity contribution in [3.8, 4) is 0 Å². The maximum absolute atomic E-state index is 11.4. The molecule has 6 nitrogen and oxygen atoms in total. The summed E-state index contributed by atoms with van der Waals surface area (Å²) in [6.45, 7) is 3.36. The van der Waals surface area contributed by atoms with E-state index >= 15 is 0 Å². The minimum Gasteiger partial charge on any atom is -0.480 e. The van der Waals surface area contributed by atoms with Crippen molar-refractivity contribution < 1.29 is 14.4 Å². The molecule has 1 saturated carbocycles. The minimum atomic E-state index is -0.745. The third-order valence-corrected chi connectivity index (χ3v) is 4.45. The first-order chi connectivity index (χ1) is 9.67. The predicted molar refractivity (Wildman–Crippen MR) is 71.1 cm³/mol. The SMILES string of the molecule is CCC1CCN(Cc2nc(C3CC3)no2)C(C(=O)O)C1. The van der Waals surface area contributed by atoms with E-state index in [1.807, 2.05) is 4.90 Å². The Morgan fingerprint density at radius 1 is 1.45 bits per heavy atom. The molecule has 0 aromatic carbocycles.